The highest BCUT2D eigenvalue weighted by atomic mass is 16.7. The molecule has 10 heteroatoms. The van der Waals surface area contributed by atoms with E-state index in [0.717, 1.165) is 6.42 Å². The molecule has 2 aliphatic rings. The highest BCUT2D eigenvalue weighted by Gasteiger charge is 2.51. The molecule has 2 fully saturated rings. The van der Waals surface area contributed by atoms with Crippen LogP contribution in [0.3, 0.4) is 0 Å². The number of nitrogens with zero attached hydrogens (tertiary/aromatic N) is 1. The first-order chi connectivity index (χ1) is 20.4. The summed E-state index contributed by atoms with van der Waals surface area (Å²) in [6.45, 7) is 16.0. The molecule has 0 saturated carbocycles. The maximum absolute atomic E-state index is 14.0. The second kappa shape index (κ2) is 15.6. The first-order valence-corrected chi connectivity index (χ1v) is 16.1. The molecule has 44 heavy (non-hydrogen) atoms. The zero-order valence-electron chi connectivity index (χ0n) is 28.7. The van der Waals surface area contributed by atoms with Gasteiger partial charge in [-0.15, -0.1) is 12.3 Å². The van der Waals surface area contributed by atoms with Crippen molar-refractivity contribution in [3.05, 3.63) is 0 Å². The van der Waals surface area contributed by atoms with Crippen molar-refractivity contribution in [2.24, 2.45) is 29.6 Å². The van der Waals surface area contributed by atoms with Crippen LogP contribution in [0.5, 0.6) is 0 Å². The maximum atomic E-state index is 14.0. The summed E-state index contributed by atoms with van der Waals surface area (Å²) in [5, 5.41) is 22.5. The van der Waals surface area contributed by atoms with Gasteiger partial charge in [0.25, 0.3) is 0 Å². The van der Waals surface area contributed by atoms with Crippen molar-refractivity contribution in [2.75, 3.05) is 20.7 Å². The van der Waals surface area contributed by atoms with E-state index in [1.54, 1.807) is 34.6 Å². The van der Waals surface area contributed by atoms with Crippen LogP contribution in [0.1, 0.15) is 88.0 Å². The molecule has 0 radical (unpaired) electrons. The fourth-order valence-electron chi connectivity index (χ4n) is 7.07. The van der Waals surface area contributed by atoms with Crippen molar-refractivity contribution in [1.82, 2.24) is 4.90 Å². The predicted molar refractivity (Wildman–Crippen MR) is 166 cm³/mol. The van der Waals surface area contributed by atoms with E-state index in [2.05, 4.69) is 10.8 Å². The number of aliphatic hydroxyl groups excluding tert-OH is 1. The minimum absolute atomic E-state index is 0.102. The molecule has 0 aromatic carbocycles. The number of carbonyl (C=O) groups is 3. The van der Waals surface area contributed by atoms with E-state index in [0.29, 0.717) is 13.0 Å². The molecule has 2 rings (SSSR count). The lowest BCUT2D eigenvalue weighted by atomic mass is 9.74. The number of methoxy groups -OCH3 is 1. The Morgan fingerprint density at radius 1 is 1.07 bits per heavy atom. The quantitative estimate of drug-likeness (QED) is 0.247. The number of cyclic esters (lactones) is 1. The average Bonchev–Trinajstić information content (AvgIpc) is 2.99. The van der Waals surface area contributed by atoms with Crippen molar-refractivity contribution in [2.45, 2.75) is 136 Å². The monoisotopic (exact) mass is 623 g/mol. The molecule has 0 aromatic heterocycles. The Morgan fingerprint density at radius 3 is 2.23 bits per heavy atom. The van der Waals surface area contributed by atoms with Crippen LogP contribution in [0.25, 0.3) is 0 Å². The molecule has 2 heterocycles. The largest absolute Gasteiger partial charge is 0.459 e. The van der Waals surface area contributed by atoms with Gasteiger partial charge in [0.05, 0.1) is 23.9 Å². The summed E-state index contributed by atoms with van der Waals surface area (Å²) in [6.07, 6.45) is 2.81. The Morgan fingerprint density at radius 2 is 1.68 bits per heavy atom. The molecular weight excluding hydrogens is 566 g/mol. The molecule has 0 spiro atoms. The molecule has 252 valence electrons. The van der Waals surface area contributed by atoms with Gasteiger partial charge in [-0.1, -0.05) is 34.6 Å². The number of hydrogen-bond acceptors (Lipinski definition) is 10. The van der Waals surface area contributed by atoms with Gasteiger partial charge in [-0.25, -0.2) is 0 Å². The standard InChI is InChI=1S/C34H57NO9/c1-13-15-16-35(11)25-17-20(4)42-32(21(25)5)44-30-23(7)28(37)24(8)31(39)43-26(14-2)34(10,40)29(38)22(6)27(36)19(3)18-33(30,9)41-12/h1,19-26,29-30,32,38,40H,14-18H2,2-12H3/t19-,20-,21-,22+,23+,24-,25+,26-,29-,30-,32+,33-,34-/m1/s1. The van der Waals surface area contributed by atoms with Crippen LogP contribution in [0.2, 0.25) is 0 Å². The van der Waals surface area contributed by atoms with Gasteiger partial charge in [0, 0.05) is 49.8 Å². The third-order valence-corrected chi connectivity index (χ3v) is 10.2. The SMILES string of the molecule is C#CCCN(C)[C@H]1C[C@@H](C)O[C@@H](O[C@@H]2[C@@H](C)C(=O)[C@@H](C)C(=O)O[C@H](CC)[C@@](C)(O)[C@H](O)[C@@H](C)C(=O)[C@H](C)C[C@@]2(C)OC)[C@@H]1C. The Kier molecular flexibility index (Phi) is 13.6. The second-order valence-corrected chi connectivity index (χ2v) is 13.7. The lowest BCUT2D eigenvalue weighted by molar-refractivity contribution is -0.281. The fraction of sp³-hybridized carbons (Fsp3) is 0.853. The van der Waals surface area contributed by atoms with Crippen LogP contribution in [0.4, 0.5) is 0 Å². The lowest BCUT2D eigenvalue weighted by Gasteiger charge is -2.48. The van der Waals surface area contributed by atoms with Crippen LogP contribution < -0.4 is 0 Å². The molecule has 13 atom stereocenters. The smallest absolute Gasteiger partial charge is 0.316 e. The molecule has 2 saturated heterocycles. The average molecular weight is 624 g/mol. The first-order valence-electron chi connectivity index (χ1n) is 16.1. The summed E-state index contributed by atoms with van der Waals surface area (Å²) in [4.78, 5) is 43.2. The molecule has 0 amide bonds. The second-order valence-electron chi connectivity index (χ2n) is 13.7. The van der Waals surface area contributed by atoms with E-state index >= 15 is 0 Å². The summed E-state index contributed by atoms with van der Waals surface area (Å²) >= 11 is 0. The van der Waals surface area contributed by atoms with Crippen molar-refractivity contribution in [3.63, 3.8) is 0 Å². The van der Waals surface area contributed by atoms with Gasteiger partial charge >= 0.3 is 5.97 Å². The number of carbonyl (C=O) groups excluding carboxylic acids is 3. The molecular formula is C34H57NO9. The van der Waals surface area contributed by atoms with Crippen LogP contribution in [-0.2, 0) is 33.3 Å². The van der Waals surface area contributed by atoms with E-state index in [9.17, 15) is 24.6 Å². The lowest BCUT2D eigenvalue weighted by Crippen LogP contribution is -2.58. The maximum Gasteiger partial charge on any atom is 0.316 e. The van der Waals surface area contributed by atoms with Crippen LogP contribution >= 0.6 is 0 Å². The van der Waals surface area contributed by atoms with E-state index in [-0.39, 0.29) is 36.7 Å². The van der Waals surface area contributed by atoms with Crippen LogP contribution in [-0.4, -0.2) is 101 Å². The number of rotatable bonds is 7. The van der Waals surface area contributed by atoms with E-state index in [4.69, 9.17) is 25.4 Å². The molecule has 10 nitrogen and oxygen atoms in total. The van der Waals surface area contributed by atoms with E-state index in [1.807, 2.05) is 20.9 Å². The minimum Gasteiger partial charge on any atom is -0.459 e. The van der Waals surface area contributed by atoms with Gasteiger partial charge < -0.3 is 34.1 Å². The third kappa shape index (κ3) is 8.28. The number of hydrogen-bond donors (Lipinski definition) is 2. The topological polar surface area (TPSA) is 132 Å². The Balaban J connectivity index is 2.59. The summed E-state index contributed by atoms with van der Waals surface area (Å²) in [5.74, 6) is -2.62. The van der Waals surface area contributed by atoms with Crippen molar-refractivity contribution in [3.8, 4) is 12.3 Å². The van der Waals surface area contributed by atoms with Gasteiger partial charge in [0.15, 0.2) is 12.1 Å². The number of Topliss-reactive ketones (excluding diaryl/α,β-unsaturated/α-hetero) is 2. The number of ketones is 2. The fourth-order valence-corrected chi connectivity index (χ4v) is 7.07. The normalized spacial score (nSPS) is 43.3. The Hall–Kier alpha value is -1.87. The van der Waals surface area contributed by atoms with Gasteiger partial charge in [0.2, 0.25) is 0 Å². The minimum atomic E-state index is -1.93. The zero-order valence-corrected chi connectivity index (χ0v) is 28.7. The van der Waals surface area contributed by atoms with Gasteiger partial charge in [-0.05, 0) is 54.0 Å². The van der Waals surface area contributed by atoms with E-state index in [1.165, 1.54) is 21.0 Å². The Labute approximate surface area is 264 Å². The number of terminal acetylenes is 1. The zero-order chi connectivity index (χ0) is 33.7. The summed E-state index contributed by atoms with van der Waals surface area (Å²) in [7, 11) is 3.53. The number of ether oxygens (including phenoxy) is 4. The Bertz CT molecular complexity index is 1040. The van der Waals surface area contributed by atoms with Crippen LogP contribution in [0.15, 0.2) is 0 Å². The highest BCUT2D eigenvalue weighted by molar-refractivity contribution is 6.00. The highest BCUT2D eigenvalue weighted by Crippen LogP contribution is 2.39. The van der Waals surface area contributed by atoms with Crippen LogP contribution in [0, 0.1) is 41.9 Å². The summed E-state index contributed by atoms with van der Waals surface area (Å²) < 4.78 is 24.8. The van der Waals surface area contributed by atoms with Crippen molar-refractivity contribution < 1.29 is 43.5 Å². The predicted octanol–water partition coefficient (Wildman–Crippen LogP) is 3.39. The molecule has 0 aliphatic carbocycles. The third-order valence-electron chi connectivity index (χ3n) is 10.2. The molecule has 2 aliphatic heterocycles. The van der Waals surface area contributed by atoms with Gasteiger partial charge in [-0.2, -0.15) is 0 Å². The molecule has 2 N–H and O–H groups in total. The molecule has 0 bridgehead atoms. The number of esters is 1. The van der Waals surface area contributed by atoms with Crippen molar-refractivity contribution >= 4 is 17.5 Å². The summed E-state index contributed by atoms with van der Waals surface area (Å²) in [6, 6.07) is 0.103. The first kappa shape index (κ1) is 38.3. The van der Waals surface area contributed by atoms with E-state index < -0.39 is 71.2 Å². The number of aliphatic hydroxyl groups is 2. The molecule has 0 unspecified atom stereocenters. The molecule has 0 aromatic rings. The summed E-state index contributed by atoms with van der Waals surface area (Å²) in [5.41, 5.74) is -3.10. The van der Waals surface area contributed by atoms with Gasteiger partial charge in [0.1, 0.15) is 23.4 Å². The van der Waals surface area contributed by atoms with Crippen molar-refractivity contribution in [1.29, 1.82) is 0 Å². The van der Waals surface area contributed by atoms with Gasteiger partial charge in [-0.3, -0.25) is 14.4 Å².